The van der Waals surface area contributed by atoms with Gasteiger partial charge in [-0.15, -0.1) is 0 Å². The summed E-state index contributed by atoms with van der Waals surface area (Å²) in [4.78, 5) is 36.3. The second-order valence-electron chi connectivity index (χ2n) is 11.4. The third-order valence-corrected chi connectivity index (χ3v) is 8.23. The number of anilines is 1. The number of hydrogen-bond donors (Lipinski definition) is 2. The van der Waals surface area contributed by atoms with Gasteiger partial charge in [-0.25, -0.2) is 4.98 Å². The van der Waals surface area contributed by atoms with Gasteiger partial charge in [-0.1, -0.05) is 19.9 Å². The Kier molecular flexibility index (Phi) is 7.95. The van der Waals surface area contributed by atoms with E-state index >= 15 is 0 Å². The number of fused-ring (bicyclic) bond motifs is 1. The lowest BCUT2D eigenvalue weighted by atomic mass is 9.90. The summed E-state index contributed by atoms with van der Waals surface area (Å²) in [6.45, 7) is 15.9. The highest BCUT2D eigenvalue weighted by Gasteiger charge is 2.38. The van der Waals surface area contributed by atoms with Crippen LogP contribution in [0.3, 0.4) is 0 Å². The van der Waals surface area contributed by atoms with Crippen LogP contribution < -0.4 is 20.5 Å². The summed E-state index contributed by atoms with van der Waals surface area (Å²) >= 11 is 0. The minimum atomic E-state index is -0.531. The molecule has 40 heavy (non-hydrogen) atoms. The number of benzene rings is 1. The number of carbonyl (C=O) groups excluding carboxylic acids is 1. The number of ether oxygens (including phenoxy) is 1. The number of nitrogens with one attached hydrogen (secondary N) is 2. The smallest absolute Gasteiger partial charge is 0.251 e. The number of H-pyrrole nitrogens is 1. The fraction of sp³-hybridized carbons (Fsp3) is 0.424. The molecule has 210 valence electrons. The van der Waals surface area contributed by atoms with E-state index < -0.39 is 5.60 Å². The van der Waals surface area contributed by atoms with E-state index in [-0.39, 0.29) is 17.8 Å². The molecule has 1 fully saturated rings. The molecule has 0 saturated carbocycles. The topological polar surface area (TPSA) is 87.3 Å². The van der Waals surface area contributed by atoms with Gasteiger partial charge in [-0.3, -0.25) is 9.59 Å². The molecule has 7 nitrogen and oxygen atoms in total. The summed E-state index contributed by atoms with van der Waals surface area (Å²) < 4.78 is 6.52. The van der Waals surface area contributed by atoms with Crippen LogP contribution in [-0.4, -0.2) is 47.5 Å². The first-order chi connectivity index (χ1) is 19.2. The maximum absolute atomic E-state index is 13.6. The van der Waals surface area contributed by atoms with E-state index in [1.165, 1.54) is 0 Å². The molecule has 1 aromatic carbocycles. The molecule has 0 bridgehead atoms. The van der Waals surface area contributed by atoms with Crippen molar-refractivity contribution in [1.29, 1.82) is 0 Å². The number of piperazine rings is 1. The van der Waals surface area contributed by atoms with Gasteiger partial charge in [0.1, 0.15) is 17.2 Å². The lowest BCUT2D eigenvalue weighted by molar-refractivity contribution is 0.0982. The summed E-state index contributed by atoms with van der Waals surface area (Å²) in [5, 5.41) is 3.37. The van der Waals surface area contributed by atoms with Crippen molar-refractivity contribution in [3.63, 3.8) is 0 Å². The second-order valence-corrected chi connectivity index (χ2v) is 11.4. The van der Waals surface area contributed by atoms with Crippen LogP contribution in [0.5, 0.6) is 5.75 Å². The van der Waals surface area contributed by atoms with E-state index in [0.29, 0.717) is 24.0 Å². The third-order valence-electron chi connectivity index (χ3n) is 8.23. The minimum absolute atomic E-state index is 0.0146. The van der Waals surface area contributed by atoms with Crippen molar-refractivity contribution in [1.82, 2.24) is 15.3 Å². The molecule has 1 saturated heterocycles. The molecule has 0 amide bonds. The van der Waals surface area contributed by atoms with E-state index in [9.17, 15) is 9.59 Å². The maximum Gasteiger partial charge on any atom is 0.251 e. The number of nitrogens with zero attached hydrogens (tertiary/aromatic N) is 2. The molecule has 5 rings (SSSR count). The first-order valence-electron chi connectivity index (χ1n) is 14.4. The molecule has 1 unspecified atom stereocenters. The number of aromatic amines is 1. The van der Waals surface area contributed by atoms with Gasteiger partial charge in [0.05, 0.1) is 0 Å². The van der Waals surface area contributed by atoms with Crippen molar-refractivity contribution < 1.29 is 9.53 Å². The van der Waals surface area contributed by atoms with Gasteiger partial charge in [-0.05, 0) is 80.6 Å². The maximum atomic E-state index is 13.6. The van der Waals surface area contributed by atoms with Gasteiger partial charge < -0.3 is 19.9 Å². The van der Waals surface area contributed by atoms with Crippen LogP contribution in [0, 0.1) is 6.92 Å². The van der Waals surface area contributed by atoms with Crippen LogP contribution in [0.1, 0.15) is 66.4 Å². The average Bonchev–Trinajstić information content (AvgIpc) is 3.30. The van der Waals surface area contributed by atoms with Crippen molar-refractivity contribution >= 4 is 11.6 Å². The molecule has 0 radical (unpaired) electrons. The number of hydrogen-bond acceptors (Lipinski definition) is 6. The fourth-order valence-corrected chi connectivity index (χ4v) is 5.74. The van der Waals surface area contributed by atoms with E-state index in [0.717, 1.165) is 84.1 Å². The highest BCUT2D eigenvalue weighted by Crippen LogP contribution is 2.45. The van der Waals surface area contributed by atoms with Crippen LogP contribution in [0.15, 0.2) is 53.5 Å². The van der Waals surface area contributed by atoms with E-state index in [2.05, 4.69) is 34.8 Å². The Balaban J connectivity index is 1.46. The van der Waals surface area contributed by atoms with Crippen LogP contribution in [0.25, 0.3) is 11.1 Å². The van der Waals surface area contributed by atoms with Gasteiger partial charge in [0.15, 0.2) is 5.78 Å². The van der Waals surface area contributed by atoms with E-state index in [1.54, 1.807) is 0 Å². The molecule has 2 aliphatic rings. The normalized spacial score (nSPS) is 18.4. The van der Waals surface area contributed by atoms with Crippen LogP contribution in [-0.2, 0) is 19.3 Å². The van der Waals surface area contributed by atoms with Crippen molar-refractivity contribution in [2.24, 2.45) is 0 Å². The number of ketones is 1. The summed E-state index contributed by atoms with van der Waals surface area (Å²) in [6.07, 6.45) is 4.98. The molecule has 0 spiro atoms. The molecule has 2 aliphatic heterocycles. The Bertz CT molecular complexity index is 1480. The zero-order valence-electron chi connectivity index (χ0n) is 24.2. The second kappa shape index (κ2) is 11.4. The number of aromatic nitrogens is 2. The molecular weight excluding hydrogens is 500 g/mol. The molecule has 2 N–H and O–H groups in total. The summed E-state index contributed by atoms with van der Waals surface area (Å²) in [5.74, 6) is 1.76. The molecule has 1 atom stereocenters. The quantitative estimate of drug-likeness (QED) is 0.287. The molecular formula is C33H40N4O3. The van der Waals surface area contributed by atoms with Gasteiger partial charge >= 0.3 is 0 Å². The summed E-state index contributed by atoms with van der Waals surface area (Å²) in [6, 6.07) is 10.0. The zero-order chi connectivity index (χ0) is 28.4. The van der Waals surface area contributed by atoms with Crippen molar-refractivity contribution in [2.45, 2.75) is 65.4 Å². The summed E-state index contributed by atoms with van der Waals surface area (Å²) in [5.41, 5.74) is 6.33. The number of aryl methyl sites for hydroxylation is 2. The van der Waals surface area contributed by atoms with Gasteiger partial charge in [0.25, 0.3) is 5.56 Å². The highest BCUT2D eigenvalue weighted by molar-refractivity contribution is 5.98. The Hall–Kier alpha value is -3.71. The molecule has 3 aromatic rings. The van der Waals surface area contributed by atoms with Gasteiger partial charge in [0, 0.05) is 73.2 Å². The molecule has 4 heterocycles. The van der Waals surface area contributed by atoms with Crippen LogP contribution in [0.4, 0.5) is 5.82 Å². The molecule has 2 aromatic heterocycles. The Morgan fingerprint density at radius 3 is 2.62 bits per heavy atom. The average molecular weight is 541 g/mol. The molecule has 7 heteroatoms. The van der Waals surface area contributed by atoms with E-state index in [1.807, 2.05) is 51.2 Å². The van der Waals surface area contributed by atoms with Gasteiger partial charge in [0.2, 0.25) is 0 Å². The first-order valence-corrected chi connectivity index (χ1v) is 14.4. The van der Waals surface area contributed by atoms with Crippen LogP contribution in [0.2, 0.25) is 0 Å². The number of rotatable bonds is 9. The Labute approximate surface area is 236 Å². The number of Topliss-reactive ketones (excluding diaryl/α,β-unsaturated/α-hetero) is 1. The number of carbonyl (C=O) groups is 1. The van der Waals surface area contributed by atoms with Crippen molar-refractivity contribution in [3.05, 3.63) is 87.0 Å². The monoisotopic (exact) mass is 540 g/mol. The lowest BCUT2D eigenvalue weighted by Gasteiger charge is -2.28. The van der Waals surface area contributed by atoms with Crippen molar-refractivity contribution in [2.75, 3.05) is 31.1 Å². The minimum Gasteiger partial charge on any atom is -0.482 e. The van der Waals surface area contributed by atoms with E-state index in [4.69, 9.17) is 9.72 Å². The third kappa shape index (κ3) is 5.61. The molecule has 0 aliphatic carbocycles. The van der Waals surface area contributed by atoms with Crippen LogP contribution >= 0.6 is 0 Å². The predicted molar refractivity (Wildman–Crippen MR) is 161 cm³/mol. The Morgan fingerprint density at radius 2 is 1.95 bits per heavy atom. The largest absolute Gasteiger partial charge is 0.482 e. The first kappa shape index (κ1) is 27.8. The van der Waals surface area contributed by atoms with Gasteiger partial charge in [-0.2, -0.15) is 0 Å². The summed E-state index contributed by atoms with van der Waals surface area (Å²) in [7, 11) is 0. The predicted octanol–water partition coefficient (Wildman–Crippen LogP) is 5.19. The van der Waals surface area contributed by atoms with Crippen molar-refractivity contribution in [3.8, 4) is 16.9 Å². The lowest BCUT2D eigenvalue weighted by Crippen LogP contribution is -2.43. The Morgan fingerprint density at radius 1 is 1.18 bits per heavy atom. The fourth-order valence-electron chi connectivity index (χ4n) is 5.74. The zero-order valence-corrected chi connectivity index (χ0v) is 24.2. The highest BCUT2D eigenvalue weighted by atomic mass is 16.5. The SMILES string of the molecule is C=C(C)C1(C)Cc2cc(C(=O)CCc3c(CCC)cc(C)[nH]c3=O)cc(-c3ccc(N4CCNCC4)nc3)c2O1. The standard InChI is InChI=1S/C33H40N4O3/c1-6-7-23-16-22(4)36-32(39)27(23)9-10-29(38)25-17-26-19-33(5,21(2)3)40-31(26)28(18-25)24-8-11-30(35-20-24)37-14-12-34-13-15-37/h8,11,16-18,20,34H,2,6-7,9-10,12-15,19H2,1,3-5H3,(H,36,39). The number of pyridine rings is 2.